The highest BCUT2D eigenvalue weighted by molar-refractivity contribution is 14.0. The van der Waals surface area contributed by atoms with Gasteiger partial charge in [0, 0.05) is 36.4 Å². The van der Waals surface area contributed by atoms with Crippen molar-refractivity contribution in [3.05, 3.63) is 52.8 Å². The highest BCUT2D eigenvalue weighted by atomic mass is 127. The Balaban J connectivity index is 0.00000300. The molecule has 1 aromatic carbocycles. The molecule has 29 heavy (non-hydrogen) atoms. The predicted octanol–water partition coefficient (Wildman–Crippen LogP) is 4.29. The van der Waals surface area contributed by atoms with Crippen LogP contribution in [0.5, 0.6) is 11.5 Å². The van der Waals surface area contributed by atoms with Gasteiger partial charge in [-0.3, -0.25) is 9.98 Å². The number of ether oxygens (including phenoxy) is 2. The van der Waals surface area contributed by atoms with Crippen LogP contribution in [0.25, 0.3) is 0 Å². The van der Waals surface area contributed by atoms with Crippen molar-refractivity contribution in [1.82, 2.24) is 15.6 Å². The lowest BCUT2D eigenvalue weighted by Crippen LogP contribution is -2.45. The lowest BCUT2D eigenvalue weighted by molar-refractivity contribution is 0.0694. The Hall–Kier alpha value is -2.03. The Morgan fingerprint density at radius 1 is 1.31 bits per heavy atom. The first kappa shape index (κ1) is 23.3. The summed E-state index contributed by atoms with van der Waals surface area (Å²) < 4.78 is 11.6. The fourth-order valence-corrected chi connectivity index (χ4v) is 3.71. The minimum atomic E-state index is -0.243. The van der Waals surface area contributed by atoms with Crippen LogP contribution in [0.4, 0.5) is 0 Å². The fraction of sp³-hybridized carbons (Fsp3) is 0.455. The van der Waals surface area contributed by atoms with Crippen molar-refractivity contribution in [3.63, 3.8) is 0 Å². The SMILES string of the molecule is CN=C(NCc1ncc(C)c(OC)c1C)NC1CC(C)(C)Oc2ccccc21.I. The number of aromatic nitrogens is 1. The van der Waals surface area contributed by atoms with Gasteiger partial charge in [-0.05, 0) is 33.8 Å². The summed E-state index contributed by atoms with van der Waals surface area (Å²) in [5.41, 5.74) is 3.93. The Bertz CT molecular complexity index is 883. The number of guanidine groups is 1. The van der Waals surface area contributed by atoms with Crippen LogP contribution in [0, 0.1) is 13.8 Å². The first-order chi connectivity index (χ1) is 13.3. The van der Waals surface area contributed by atoms with Crippen LogP contribution in [0.3, 0.4) is 0 Å². The first-order valence-corrected chi connectivity index (χ1v) is 9.59. The molecule has 3 rings (SSSR count). The molecule has 1 atom stereocenters. The zero-order chi connectivity index (χ0) is 20.3. The Kier molecular flexibility index (Phi) is 7.73. The third-order valence-electron chi connectivity index (χ3n) is 5.08. The number of fused-ring (bicyclic) bond motifs is 1. The summed E-state index contributed by atoms with van der Waals surface area (Å²) in [5.74, 6) is 2.54. The maximum atomic E-state index is 6.12. The van der Waals surface area contributed by atoms with Crippen molar-refractivity contribution in [2.24, 2.45) is 4.99 Å². The average Bonchev–Trinajstić information content (AvgIpc) is 2.65. The molecule has 1 aliphatic rings. The van der Waals surface area contributed by atoms with Gasteiger partial charge in [0.05, 0.1) is 25.4 Å². The van der Waals surface area contributed by atoms with Gasteiger partial charge >= 0.3 is 0 Å². The molecule has 1 aliphatic heterocycles. The molecule has 0 saturated heterocycles. The van der Waals surface area contributed by atoms with Crippen LogP contribution >= 0.6 is 24.0 Å². The number of para-hydroxylation sites is 1. The summed E-state index contributed by atoms with van der Waals surface area (Å²) in [5, 5.41) is 6.93. The number of hydrogen-bond donors (Lipinski definition) is 2. The molecule has 7 heteroatoms. The summed E-state index contributed by atoms with van der Waals surface area (Å²) in [4.78, 5) is 8.96. The molecule has 0 fully saturated rings. The van der Waals surface area contributed by atoms with Crippen molar-refractivity contribution in [2.45, 2.75) is 52.3 Å². The summed E-state index contributed by atoms with van der Waals surface area (Å²) in [6.07, 6.45) is 2.69. The van der Waals surface area contributed by atoms with E-state index in [-0.39, 0.29) is 35.6 Å². The highest BCUT2D eigenvalue weighted by Crippen LogP contribution is 2.39. The van der Waals surface area contributed by atoms with E-state index in [1.807, 2.05) is 38.2 Å². The molecule has 0 spiro atoms. The number of aryl methyl sites for hydroxylation is 1. The second-order valence-corrected chi connectivity index (χ2v) is 7.77. The van der Waals surface area contributed by atoms with Gasteiger partial charge in [-0.1, -0.05) is 18.2 Å². The van der Waals surface area contributed by atoms with Gasteiger partial charge in [0.1, 0.15) is 17.1 Å². The van der Waals surface area contributed by atoms with Gasteiger partial charge in [-0.15, -0.1) is 24.0 Å². The Morgan fingerprint density at radius 3 is 2.72 bits per heavy atom. The quantitative estimate of drug-likeness (QED) is 0.365. The van der Waals surface area contributed by atoms with E-state index in [0.29, 0.717) is 6.54 Å². The number of nitrogens with zero attached hydrogens (tertiary/aromatic N) is 2. The number of nitrogens with one attached hydrogen (secondary N) is 2. The van der Waals surface area contributed by atoms with Crippen LogP contribution < -0.4 is 20.1 Å². The molecular formula is C22H31IN4O2. The minimum Gasteiger partial charge on any atom is -0.496 e. The van der Waals surface area contributed by atoms with E-state index < -0.39 is 0 Å². The molecule has 2 N–H and O–H groups in total. The largest absolute Gasteiger partial charge is 0.496 e. The Labute approximate surface area is 190 Å². The van der Waals surface area contributed by atoms with Crippen LogP contribution in [0.1, 0.15) is 48.7 Å². The monoisotopic (exact) mass is 510 g/mol. The number of aliphatic imine (C=N–C) groups is 1. The zero-order valence-corrected chi connectivity index (χ0v) is 20.3. The molecule has 158 valence electrons. The zero-order valence-electron chi connectivity index (χ0n) is 18.0. The van der Waals surface area contributed by atoms with Gasteiger partial charge in [0.2, 0.25) is 0 Å². The highest BCUT2D eigenvalue weighted by Gasteiger charge is 2.33. The molecule has 0 aliphatic carbocycles. The van der Waals surface area contributed by atoms with Crippen molar-refractivity contribution in [3.8, 4) is 11.5 Å². The van der Waals surface area contributed by atoms with E-state index in [2.05, 4.69) is 40.5 Å². The average molecular weight is 510 g/mol. The summed E-state index contributed by atoms with van der Waals surface area (Å²) in [6, 6.07) is 8.28. The molecule has 2 heterocycles. The lowest BCUT2D eigenvalue weighted by atomic mass is 9.90. The maximum absolute atomic E-state index is 6.12. The second-order valence-electron chi connectivity index (χ2n) is 7.77. The summed E-state index contributed by atoms with van der Waals surface area (Å²) >= 11 is 0. The first-order valence-electron chi connectivity index (χ1n) is 9.59. The number of methoxy groups -OCH3 is 1. The minimum absolute atomic E-state index is 0. The molecule has 0 amide bonds. The van der Waals surface area contributed by atoms with Crippen LogP contribution in [-0.2, 0) is 6.54 Å². The van der Waals surface area contributed by atoms with E-state index >= 15 is 0 Å². The summed E-state index contributed by atoms with van der Waals surface area (Å²) in [7, 11) is 3.47. The van der Waals surface area contributed by atoms with E-state index in [4.69, 9.17) is 9.47 Å². The van der Waals surface area contributed by atoms with E-state index in [1.54, 1.807) is 14.2 Å². The maximum Gasteiger partial charge on any atom is 0.191 e. The van der Waals surface area contributed by atoms with Gasteiger partial charge in [0.15, 0.2) is 5.96 Å². The molecule has 0 bridgehead atoms. The molecule has 1 aromatic heterocycles. The summed E-state index contributed by atoms with van der Waals surface area (Å²) in [6.45, 7) is 8.82. The second kappa shape index (κ2) is 9.65. The molecule has 1 unspecified atom stereocenters. The molecule has 6 nitrogen and oxygen atoms in total. The number of pyridine rings is 1. The van der Waals surface area contributed by atoms with E-state index in [9.17, 15) is 0 Å². The third-order valence-corrected chi connectivity index (χ3v) is 5.08. The van der Waals surface area contributed by atoms with Gasteiger partial charge in [-0.25, -0.2) is 0 Å². The van der Waals surface area contributed by atoms with Gasteiger partial charge in [-0.2, -0.15) is 0 Å². The topological polar surface area (TPSA) is 67.8 Å². The van der Waals surface area contributed by atoms with E-state index in [1.165, 1.54) is 0 Å². The van der Waals surface area contributed by atoms with Crippen molar-refractivity contribution in [1.29, 1.82) is 0 Å². The van der Waals surface area contributed by atoms with E-state index in [0.717, 1.165) is 46.3 Å². The molecule has 0 saturated carbocycles. The standard InChI is InChI=1S/C22H30N4O2.HI/c1-14-12-24-18(15(2)20(14)27-6)13-25-21(23-5)26-17-11-22(3,4)28-19-10-8-7-9-16(17)19;/h7-10,12,17H,11,13H2,1-6H3,(H2,23,25,26);1H. The fourth-order valence-electron chi connectivity index (χ4n) is 3.71. The van der Waals surface area contributed by atoms with Gasteiger partial charge in [0.25, 0.3) is 0 Å². The van der Waals surface area contributed by atoms with Gasteiger partial charge < -0.3 is 20.1 Å². The molecule has 2 aromatic rings. The molecule has 0 radical (unpaired) electrons. The number of halogens is 1. The van der Waals surface area contributed by atoms with Crippen LogP contribution in [0.2, 0.25) is 0 Å². The van der Waals surface area contributed by atoms with Crippen LogP contribution in [-0.4, -0.2) is 30.7 Å². The Morgan fingerprint density at radius 2 is 2.03 bits per heavy atom. The molecular weight excluding hydrogens is 479 g/mol. The predicted molar refractivity (Wildman–Crippen MR) is 128 cm³/mol. The van der Waals surface area contributed by atoms with Crippen molar-refractivity contribution >= 4 is 29.9 Å². The van der Waals surface area contributed by atoms with Crippen molar-refractivity contribution in [2.75, 3.05) is 14.2 Å². The number of rotatable bonds is 4. The van der Waals surface area contributed by atoms with Crippen LogP contribution in [0.15, 0.2) is 35.5 Å². The van der Waals surface area contributed by atoms with Crippen molar-refractivity contribution < 1.29 is 9.47 Å². The third kappa shape index (κ3) is 5.32. The normalized spacial score (nSPS) is 17.4. The smallest absolute Gasteiger partial charge is 0.191 e. The number of benzene rings is 1. The number of hydrogen-bond acceptors (Lipinski definition) is 4. The lowest BCUT2D eigenvalue weighted by Gasteiger charge is -2.38.